The number of imidazole rings is 1. The maximum Gasteiger partial charge on any atom is 0.307 e. The lowest BCUT2D eigenvalue weighted by molar-refractivity contribution is -0.136. The number of carboxylic acid groups (broad SMARTS) is 1. The number of ether oxygens (including phenoxy) is 1. The number of methoxy groups -OCH3 is 1. The average Bonchev–Trinajstić information content (AvgIpc) is 3.39. The molecule has 3 aromatic carbocycles. The van der Waals surface area contributed by atoms with Crippen molar-refractivity contribution in [1.29, 1.82) is 0 Å². The van der Waals surface area contributed by atoms with Crippen molar-refractivity contribution >= 4 is 40.8 Å². The first-order chi connectivity index (χ1) is 18.2. The second-order valence-electron chi connectivity index (χ2n) is 9.68. The number of rotatable bonds is 5. The van der Waals surface area contributed by atoms with E-state index >= 15 is 0 Å². The van der Waals surface area contributed by atoms with Gasteiger partial charge in [-0.2, -0.15) is 0 Å². The molecule has 0 radical (unpaired) electrons. The fourth-order valence-corrected chi connectivity index (χ4v) is 6.09. The van der Waals surface area contributed by atoms with Crippen molar-refractivity contribution in [1.82, 2.24) is 9.55 Å². The van der Waals surface area contributed by atoms with Gasteiger partial charge in [0.25, 0.3) is 5.91 Å². The Morgan fingerprint density at radius 2 is 1.89 bits per heavy atom. The van der Waals surface area contributed by atoms with E-state index in [1.807, 2.05) is 48.7 Å². The summed E-state index contributed by atoms with van der Waals surface area (Å²) in [5.74, 6) is -0.0664. The van der Waals surface area contributed by atoms with Crippen molar-refractivity contribution in [2.45, 2.75) is 32.4 Å². The van der Waals surface area contributed by atoms with Gasteiger partial charge in [-0.25, -0.2) is 4.98 Å². The molecule has 0 bridgehead atoms. The van der Waals surface area contributed by atoms with E-state index in [-0.39, 0.29) is 18.4 Å². The Bertz CT molecular complexity index is 1660. The van der Waals surface area contributed by atoms with E-state index in [9.17, 15) is 14.7 Å². The van der Waals surface area contributed by atoms with Crippen LogP contribution in [-0.2, 0) is 11.2 Å². The maximum absolute atomic E-state index is 14.0. The molecule has 1 atom stereocenters. The molecule has 0 spiro atoms. The number of nitrogens with zero attached hydrogens (tertiary/aromatic N) is 3. The Hall–Kier alpha value is -3.81. The zero-order chi connectivity index (χ0) is 26.9. The SMILES string of the molecule is COc1ccc(CC(=O)O)cc1-c1nc2c(n1C(C)C)C1c3ccc(Cl)cc3-c3c(Cl)cccc3N1C2=O. The number of hydrogen-bond acceptors (Lipinski definition) is 4. The Morgan fingerprint density at radius 1 is 1.11 bits per heavy atom. The second kappa shape index (κ2) is 8.89. The van der Waals surface area contributed by atoms with Crippen molar-refractivity contribution in [3.8, 4) is 28.3 Å². The standard InChI is InChI=1S/C29H23Cl2N3O4/c1-14(2)33-27-25(32-28(33)19-11-15(12-23(35)36)7-10-22(19)38-3)29(37)34-21-6-4-5-20(31)24(21)18-13-16(30)8-9-17(18)26(27)34/h4-11,13-14,26H,12H2,1-3H3,(H,35,36). The molecule has 1 unspecified atom stereocenters. The molecule has 2 aliphatic heterocycles. The van der Waals surface area contributed by atoms with Gasteiger partial charge in [0.15, 0.2) is 5.69 Å². The molecule has 0 saturated carbocycles. The lowest BCUT2D eigenvalue weighted by Gasteiger charge is -2.35. The van der Waals surface area contributed by atoms with Crippen LogP contribution in [0, 0.1) is 0 Å². The molecule has 1 N–H and O–H groups in total. The minimum atomic E-state index is -0.934. The molecule has 2 aliphatic rings. The zero-order valence-electron chi connectivity index (χ0n) is 20.8. The van der Waals surface area contributed by atoms with Gasteiger partial charge in [0.1, 0.15) is 17.6 Å². The molecule has 1 amide bonds. The van der Waals surface area contributed by atoms with E-state index < -0.39 is 12.0 Å². The molecule has 9 heteroatoms. The molecule has 38 heavy (non-hydrogen) atoms. The van der Waals surface area contributed by atoms with Gasteiger partial charge in [0, 0.05) is 16.6 Å². The molecule has 6 rings (SSSR count). The number of anilines is 1. The van der Waals surface area contributed by atoms with Crippen molar-refractivity contribution in [2.24, 2.45) is 0 Å². The Morgan fingerprint density at radius 3 is 2.61 bits per heavy atom. The van der Waals surface area contributed by atoms with Gasteiger partial charge in [-0.05, 0) is 66.9 Å². The van der Waals surface area contributed by atoms with Crippen molar-refractivity contribution in [2.75, 3.05) is 12.0 Å². The Kier molecular flexibility index (Phi) is 5.74. The summed E-state index contributed by atoms with van der Waals surface area (Å²) in [6, 6.07) is 15.9. The first-order valence-corrected chi connectivity index (χ1v) is 12.9. The number of carboxylic acids is 1. The van der Waals surface area contributed by atoms with Crippen LogP contribution in [0.25, 0.3) is 22.5 Å². The molecular weight excluding hydrogens is 525 g/mol. The number of amides is 1. The number of fused-ring (bicyclic) bond motifs is 8. The average molecular weight is 548 g/mol. The summed E-state index contributed by atoms with van der Waals surface area (Å²) in [5.41, 5.74) is 5.60. The first-order valence-electron chi connectivity index (χ1n) is 12.1. The van der Waals surface area contributed by atoms with Gasteiger partial charge in [-0.3, -0.25) is 14.5 Å². The van der Waals surface area contributed by atoms with Crippen LogP contribution in [0.15, 0.2) is 54.6 Å². The highest BCUT2D eigenvalue weighted by Crippen LogP contribution is 2.55. The summed E-state index contributed by atoms with van der Waals surface area (Å²) in [6.45, 7) is 4.06. The minimum Gasteiger partial charge on any atom is -0.496 e. The molecular formula is C29H23Cl2N3O4. The number of aliphatic carboxylic acids is 1. The largest absolute Gasteiger partial charge is 0.496 e. The molecule has 0 saturated heterocycles. The van der Waals surface area contributed by atoms with E-state index in [4.69, 9.17) is 32.9 Å². The van der Waals surface area contributed by atoms with Gasteiger partial charge >= 0.3 is 5.97 Å². The smallest absolute Gasteiger partial charge is 0.307 e. The normalized spacial score (nSPS) is 15.3. The third-order valence-electron chi connectivity index (χ3n) is 7.09. The summed E-state index contributed by atoms with van der Waals surface area (Å²) >= 11 is 13.1. The molecule has 0 fully saturated rings. The van der Waals surface area contributed by atoms with Crippen molar-refractivity contribution < 1.29 is 19.4 Å². The summed E-state index contributed by atoms with van der Waals surface area (Å²) < 4.78 is 7.68. The summed E-state index contributed by atoms with van der Waals surface area (Å²) in [7, 11) is 1.56. The van der Waals surface area contributed by atoms with Crippen LogP contribution >= 0.6 is 23.2 Å². The summed E-state index contributed by atoms with van der Waals surface area (Å²) in [6.07, 6.45) is -0.139. The van der Waals surface area contributed by atoms with Crippen LogP contribution in [-0.4, -0.2) is 33.6 Å². The van der Waals surface area contributed by atoms with Gasteiger partial charge in [-0.1, -0.05) is 41.4 Å². The Balaban J connectivity index is 1.63. The van der Waals surface area contributed by atoms with Crippen LogP contribution in [0.1, 0.15) is 53.2 Å². The number of carbonyl (C=O) groups is 2. The lowest BCUT2D eigenvalue weighted by atomic mass is 9.88. The van der Waals surface area contributed by atoms with Crippen LogP contribution in [0.4, 0.5) is 5.69 Å². The molecule has 4 aromatic rings. The molecule has 1 aromatic heterocycles. The van der Waals surface area contributed by atoms with Crippen molar-refractivity contribution in [3.63, 3.8) is 0 Å². The fourth-order valence-electron chi connectivity index (χ4n) is 5.64. The second-order valence-corrected chi connectivity index (χ2v) is 10.5. The molecule has 192 valence electrons. The van der Waals surface area contributed by atoms with Crippen LogP contribution in [0.5, 0.6) is 5.75 Å². The minimum absolute atomic E-state index is 0.0710. The third-order valence-corrected chi connectivity index (χ3v) is 7.64. The number of benzene rings is 3. The molecule has 7 nitrogen and oxygen atoms in total. The number of halogens is 2. The van der Waals surface area contributed by atoms with E-state index in [0.717, 1.165) is 22.4 Å². The first kappa shape index (κ1) is 24.5. The topological polar surface area (TPSA) is 84.7 Å². The predicted molar refractivity (Wildman–Crippen MR) is 146 cm³/mol. The quantitative estimate of drug-likeness (QED) is 0.297. The van der Waals surface area contributed by atoms with Gasteiger partial charge in [-0.15, -0.1) is 0 Å². The predicted octanol–water partition coefficient (Wildman–Crippen LogP) is 6.80. The lowest BCUT2D eigenvalue weighted by Crippen LogP contribution is -2.33. The molecule has 0 aliphatic carbocycles. The maximum atomic E-state index is 14.0. The van der Waals surface area contributed by atoms with Crippen LogP contribution in [0.3, 0.4) is 0 Å². The van der Waals surface area contributed by atoms with Gasteiger partial charge in [0.2, 0.25) is 0 Å². The van der Waals surface area contributed by atoms with E-state index in [1.54, 1.807) is 36.3 Å². The highest BCUT2D eigenvalue weighted by Gasteiger charge is 2.48. The highest BCUT2D eigenvalue weighted by atomic mass is 35.5. The van der Waals surface area contributed by atoms with E-state index in [2.05, 4.69) is 0 Å². The van der Waals surface area contributed by atoms with E-state index in [0.29, 0.717) is 44.1 Å². The zero-order valence-corrected chi connectivity index (χ0v) is 22.3. The monoisotopic (exact) mass is 547 g/mol. The van der Waals surface area contributed by atoms with Crippen molar-refractivity contribution in [3.05, 3.63) is 87.2 Å². The third kappa shape index (κ3) is 3.53. The van der Waals surface area contributed by atoms with Crippen LogP contribution in [0.2, 0.25) is 10.0 Å². The van der Waals surface area contributed by atoms with Crippen LogP contribution < -0.4 is 9.64 Å². The highest BCUT2D eigenvalue weighted by molar-refractivity contribution is 6.35. The Labute approximate surface area is 229 Å². The molecule has 3 heterocycles. The summed E-state index contributed by atoms with van der Waals surface area (Å²) in [4.78, 5) is 32.1. The number of aromatic nitrogens is 2. The number of carbonyl (C=O) groups excluding carboxylic acids is 1. The summed E-state index contributed by atoms with van der Waals surface area (Å²) in [5, 5.41) is 10.5. The number of hydrogen-bond donors (Lipinski definition) is 1. The van der Waals surface area contributed by atoms with E-state index in [1.165, 1.54) is 0 Å². The van der Waals surface area contributed by atoms with Gasteiger partial charge in [0.05, 0.1) is 35.5 Å². The fraction of sp³-hybridized carbons (Fsp3) is 0.207. The van der Waals surface area contributed by atoms with Gasteiger partial charge < -0.3 is 14.4 Å².